The summed E-state index contributed by atoms with van der Waals surface area (Å²) in [6, 6.07) is 0. The maximum absolute atomic E-state index is 10.1. The number of rotatable bonds is 3. The first-order chi connectivity index (χ1) is 4.59. The van der Waals surface area contributed by atoms with E-state index in [0.717, 1.165) is 0 Å². The molecule has 0 fully saturated rings. The Morgan fingerprint density at radius 3 is 2.00 bits per heavy atom. The summed E-state index contributed by atoms with van der Waals surface area (Å²) >= 11 is 0. The average molecular weight is 144 g/mol. The van der Waals surface area contributed by atoms with Crippen molar-refractivity contribution in [3.63, 3.8) is 0 Å². The van der Waals surface area contributed by atoms with Gasteiger partial charge in [-0.15, -0.1) is 6.58 Å². The van der Waals surface area contributed by atoms with E-state index < -0.39 is 17.5 Å². The van der Waals surface area contributed by atoms with E-state index in [4.69, 9.17) is 15.3 Å². The summed E-state index contributed by atoms with van der Waals surface area (Å²) in [7, 11) is 0. The zero-order chi connectivity index (χ0) is 8.15. The van der Waals surface area contributed by atoms with Gasteiger partial charge in [-0.1, -0.05) is 6.08 Å². The van der Waals surface area contributed by atoms with Crippen molar-refractivity contribution in [2.45, 2.75) is 6.42 Å². The highest BCUT2D eigenvalue weighted by atomic mass is 16.5. The molecule has 0 unspecified atom stereocenters. The molecule has 0 aromatic rings. The van der Waals surface area contributed by atoms with E-state index in [9.17, 15) is 4.79 Å². The summed E-state index contributed by atoms with van der Waals surface area (Å²) in [4.78, 5) is 10.1. The van der Waals surface area contributed by atoms with Crippen LogP contribution >= 0.6 is 0 Å². The molecule has 4 heteroatoms. The van der Waals surface area contributed by atoms with Crippen LogP contribution < -0.4 is 0 Å². The number of aliphatic hydroxyl groups is 2. The highest BCUT2D eigenvalue weighted by Crippen LogP contribution is 2.04. The standard InChI is InChI=1S/C6H8O4/c1-2-3-4(5(7)8)6(9)10/h2,7-8H,1,3H2,(H,9,10). The summed E-state index contributed by atoms with van der Waals surface area (Å²) in [6.07, 6.45) is 1.22. The Hall–Kier alpha value is -1.45. The highest BCUT2D eigenvalue weighted by Gasteiger charge is 2.10. The van der Waals surface area contributed by atoms with Gasteiger partial charge < -0.3 is 15.3 Å². The number of carbonyl (C=O) groups is 1. The van der Waals surface area contributed by atoms with Gasteiger partial charge in [0.25, 0.3) is 5.95 Å². The summed E-state index contributed by atoms with van der Waals surface area (Å²) in [5, 5.41) is 24.9. The van der Waals surface area contributed by atoms with Crippen LogP contribution in [-0.2, 0) is 4.79 Å². The number of carboxylic acid groups (broad SMARTS) is 1. The Kier molecular flexibility index (Phi) is 3.04. The van der Waals surface area contributed by atoms with Crippen molar-refractivity contribution in [2.75, 3.05) is 0 Å². The van der Waals surface area contributed by atoms with Crippen molar-refractivity contribution in [1.82, 2.24) is 0 Å². The predicted octanol–water partition coefficient (Wildman–Crippen LogP) is 0.975. The normalized spacial score (nSPS) is 8.40. The molecular weight excluding hydrogens is 136 g/mol. The summed E-state index contributed by atoms with van der Waals surface area (Å²) < 4.78 is 0. The second-order valence-electron chi connectivity index (χ2n) is 1.60. The maximum Gasteiger partial charge on any atom is 0.339 e. The molecular formula is C6H8O4. The fourth-order valence-corrected chi connectivity index (χ4v) is 0.419. The summed E-state index contributed by atoms with van der Waals surface area (Å²) in [6.45, 7) is 3.25. The second-order valence-corrected chi connectivity index (χ2v) is 1.60. The van der Waals surface area contributed by atoms with Gasteiger partial charge in [0.15, 0.2) is 0 Å². The van der Waals surface area contributed by atoms with Crippen molar-refractivity contribution in [3.05, 3.63) is 24.2 Å². The Morgan fingerprint density at radius 1 is 1.40 bits per heavy atom. The van der Waals surface area contributed by atoms with Crippen molar-refractivity contribution < 1.29 is 20.1 Å². The van der Waals surface area contributed by atoms with Gasteiger partial charge in [-0.3, -0.25) is 0 Å². The second kappa shape index (κ2) is 3.55. The van der Waals surface area contributed by atoms with Crippen LogP contribution in [0, 0.1) is 0 Å². The first-order valence-electron chi connectivity index (χ1n) is 2.54. The van der Waals surface area contributed by atoms with Crippen molar-refractivity contribution in [2.24, 2.45) is 0 Å². The van der Waals surface area contributed by atoms with E-state index in [1.807, 2.05) is 0 Å². The minimum atomic E-state index is -1.35. The molecule has 0 aliphatic rings. The Bertz CT molecular complexity index is 176. The molecule has 0 aliphatic carbocycles. The highest BCUT2D eigenvalue weighted by molar-refractivity contribution is 5.86. The quantitative estimate of drug-likeness (QED) is 0.313. The monoisotopic (exact) mass is 144 g/mol. The molecule has 0 heterocycles. The van der Waals surface area contributed by atoms with E-state index in [2.05, 4.69) is 6.58 Å². The number of aliphatic hydroxyl groups excluding tert-OH is 1. The molecule has 3 N–H and O–H groups in total. The molecule has 0 atom stereocenters. The van der Waals surface area contributed by atoms with Gasteiger partial charge >= 0.3 is 5.97 Å². The average Bonchev–Trinajstić information content (AvgIpc) is 1.81. The lowest BCUT2D eigenvalue weighted by Gasteiger charge is -1.95. The van der Waals surface area contributed by atoms with Gasteiger partial charge in [0.2, 0.25) is 0 Å². The van der Waals surface area contributed by atoms with E-state index in [0.29, 0.717) is 0 Å². The topological polar surface area (TPSA) is 77.8 Å². The molecule has 0 aromatic carbocycles. The van der Waals surface area contributed by atoms with Crippen LogP contribution in [0.4, 0.5) is 0 Å². The smallest absolute Gasteiger partial charge is 0.339 e. The van der Waals surface area contributed by atoms with Crippen LogP contribution in [-0.4, -0.2) is 21.3 Å². The first kappa shape index (κ1) is 8.55. The summed E-state index contributed by atoms with van der Waals surface area (Å²) in [5.74, 6) is -2.51. The third kappa shape index (κ3) is 2.21. The van der Waals surface area contributed by atoms with E-state index in [1.165, 1.54) is 6.08 Å². The fraction of sp³-hybridized carbons (Fsp3) is 0.167. The van der Waals surface area contributed by atoms with E-state index in [1.54, 1.807) is 0 Å². The van der Waals surface area contributed by atoms with E-state index >= 15 is 0 Å². The van der Waals surface area contributed by atoms with Crippen LogP contribution in [0.5, 0.6) is 0 Å². The minimum Gasteiger partial charge on any atom is -0.481 e. The van der Waals surface area contributed by atoms with Gasteiger partial charge in [0.05, 0.1) is 0 Å². The lowest BCUT2D eigenvalue weighted by atomic mass is 10.2. The van der Waals surface area contributed by atoms with E-state index in [-0.39, 0.29) is 6.42 Å². The molecule has 0 aromatic heterocycles. The molecule has 0 aliphatic heterocycles. The van der Waals surface area contributed by atoms with Crippen LogP contribution in [0.15, 0.2) is 24.2 Å². The number of hydrogen-bond donors (Lipinski definition) is 3. The van der Waals surface area contributed by atoms with Crippen LogP contribution in [0.25, 0.3) is 0 Å². The molecule has 4 nitrogen and oxygen atoms in total. The van der Waals surface area contributed by atoms with Crippen LogP contribution in [0.1, 0.15) is 6.42 Å². The molecule has 0 rings (SSSR count). The van der Waals surface area contributed by atoms with Gasteiger partial charge in [-0.25, -0.2) is 4.79 Å². The molecule has 10 heavy (non-hydrogen) atoms. The van der Waals surface area contributed by atoms with Crippen LogP contribution in [0.3, 0.4) is 0 Å². The Labute approximate surface area is 57.7 Å². The number of allylic oxidation sites excluding steroid dienone is 1. The molecule has 0 saturated carbocycles. The molecule has 0 radical (unpaired) electrons. The number of aliphatic carboxylic acids is 1. The third-order valence-corrected chi connectivity index (χ3v) is 0.877. The van der Waals surface area contributed by atoms with Crippen molar-refractivity contribution >= 4 is 5.97 Å². The molecule has 0 spiro atoms. The van der Waals surface area contributed by atoms with Gasteiger partial charge in [-0.05, 0) is 0 Å². The maximum atomic E-state index is 10.1. The number of hydrogen-bond acceptors (Lipinski definition) is 3. The lowest BCUT2D eigenvalue weighted by molar-refractivity contribution is -0.133. The Morgan fingerprint density at radius 2 is 1.90 bits per heavy atom. The SMILES string of the molecule is C=CCC(C(=O)O)=C(O)O. The molecule has 0 bridgehead atoms. The minimum absolute atomic E-state index is 0.0579. The third-order valence-electron chi connectivity index (χ3n) is 0.877. The van der Waals surface area contributed by atoms with Gasteiger partial charge in [0, 0.05) is 6.42 Å². The number of carboxylic acids is 1. The molecule has 56 valence electrons. The van der Waals surface area contributed by atoms with Crippen molar-refractivity contribution in [3.8, 4) is 0 Å². The largest absolute Gasteiger partial charge is 0.481 e. The van der Waals surface area contributed by atoms with Gasteiger partial charge in [-0.2, -0.15) is 0 Å². The zero-order valence-electron chi connectivity index (χ0n) is 5.24. The molecule has 0 saturated heterocycles. The lowest BCUT2D eigenvalue weighted by Crippen LogP contribution is -2.03. The summed E-state index contributed by atoms with van der Waals surface area (Å²) in [5.41, 5.74) is -0.449. The fourth-order valence-electron chi connectivity index (χ4n) is 0.419. The van der Waals surface area contributed by atoms with Crippen molar-refractivity contribution in [1.29, 1.82) is 0 Å². The first-order valence-corrected chi connectivity index (χ1v) is 2.54. The molecule has 0 amide bonds. The van der Waals surface area contributed by atoms with Gasteiger partial charge in [0.1, 0.15) is 5.57 Å². The Balaban J connectivity index is 4.42. The van der Waals surface area contributed by atoms with Crippen LogP contribution in [0.2, 0.25) is 0 Å². The zero-order valence-corrected chi connectivity index (χ0v) is 5.24. The predicted molar refractivity (Wildman–Crippen MR) is 34.7 cm³/mol.